The van der Waals surface area contributed by atoms with Gasteiger partial charge in [0.25, 0.3) is 0 Å². The Bertz CT molecular complexity index is 1230. The summed E-state index contributed by atoms with van der Waals surface area (Å²) in [5, 5.41) is 20.1. The minimum absolute atomic E-state index is 0.0553. The van der Waals surface area contributed by atoms with E-state index in [1.807, 2.05) is 88.5 Å². The van der Waals surface area contributed by atoms with Gasteiger partial charge in [-0.1, -0.05) is 123 Å². The van der Waals surface area contributed by atoms with Crippen LogP contribution >= 0.6 is 0 Å². The van der Waals surface area contributed by atoms with E-state index in [1.165, 1.54) is 26.0 Å². The molecule has 6 heteroatoms. The summed E-state index contributed by atoms with van der Waals surface area (Å²) < 4.78 is 0. The molecule has 2 atom stereocenters. The first kappa shape index (κ1) is 42.3. The van der Waals surface area contributed by atoms with Crippen molar-refractivity contribution in [2.45, 2.75) is 107 Å². The lowest BCUT2D eigenvalue weighted by Crippen LogP contribution is -2.29. The Hall–Kier alpha value is -3.74. The fourth-order valence-electron chi connectivity index (χ4n) is 4.39. The average Bonchev–Trinajstić information content (AvgIpc) is 2.90. The molecule has 0 radical (unpaired) electrons. The molecule has 0 aromatic carbocycles. The van der Waals surface area contributed by atoms with E-state index < -0.39 is 23.0 Å². The fourth-order valence-corrected chi connectivity index (χ4v) is 4.39. The van der Waals surface area contributed by atoms with Crippen molar-refractivity contribution < 1.29 is 29.4 Å². The third kappa shape index (κ3) is 20.3. The van der Waals surface area contributed by atoms with Crippen molar-refractivity contribution in [2.24, 2.45) is 10.8 Å². The minimum atomic E-state index is -0.824. The summed E-state index contributed by atoms with van der Waals surface area (Å²) in [6.07, 6.45) is 25.0. The highest BCUT2D eigenvalue weighted by Crippen LogP contribution is 2.27. The maximum absolute atomic E-state index is 12.6. The molecule has 0 aliphatic carbocycles. The van der Waals surface area contributed by atoms with E-state index in [4.69, 9.17) is 0 Å². The van der Waals surface area contributed by atoms with Gasteiger partial charge in [-0.2, -0.15) is 0 Å². The van der Waals surface area contributed by atoms with Crippen LogP contribution < -0.4 is 0 Å². The molecular formula is C40H56O6. The lowest BCUT2D eigenvalue weighted by atomic mass is 9.81. The van der Waals surface area contributed by atoms with Gasteiger partial charge >= 0.3 is 0 Å². The predicted molar refractivity (Wildman–Crippen MR) is 190 cm³/mol. The summed E-state index contributed by atoms with van der Waals surface area (Å²) in [6.45, 7) is 17.8. The quantitative estimate of drug-likeness (QED) is 0.103. The predicted octanol–water partition coefficient (Wildman–Crippen LogP) is 8.20. The molecule has 0 rings (SSSR count). The summed E-state index contributed by atoms with van der Waals surface area (Å²) in [5.41, 5.74) is 2.42. The Balaban J connectivity index is 4.98. The number of aliphatic hydroxyl groups excluding tert-OH is 2. The van der Waals surface area contributed by atoms with E-state index in [0.29, 0.717) is 0 Å². The first-order chi connectivity index (χ1) is 21.2. The molecule has 0 aliphatic heterocycles. The summed E-state index contributed by atoms with van der Waals surface area (Å²) in [7, 11) is 0. The highest BCUT2D eigenvalue weighted by Gasteiger charge is 2.29. The number of rotatable bonds is 20. The van der Waals surface area contributed by atoms with Gasteiger partial charge in [0.05, 0.1) is 12.2 Å². The highest BCUT2D eigenvalue weighted by atomic mass is 16.3. The Labute approximate surface area is 277 Å². The summed E-state index contributed by atoms with van der Waals surface area (Å²) in [4.78, 5) is 47.6. The Morgan fingerprint density at radius 1 is 0.478 bits per heavy atom. The van der Waals surface area contributed by atoms with Crippen LogP contribution in [0.2, 0.25) is 0 Å². The lowest BCUT2D eigenvalue weighted by Gasteiger charge is -2.24. The number of carbonyl (C=O) groups is 4. The minimum Gasteiger partial charge on any atom is -0.393 e. The van der Waals surface area contributed by atoms with Gasteiger partial charge in [-0.3, -0.25) is 19.2 Å². The topological polar surface area (TPSA) is 109 Å². The smallest absolute Gasteiger partial charge is 0.161 e. The monoisotopic (exact) mass is 632 g/mol. The van der Waals surface area contributed by atoms with E-state index in [1.54, 1.807) is 39.8 Å². The molecule has 2 N–H and O–H groups in total. The zero-order valence-electron chi connectivity index (χ0n) is 29.6. The average molecular weight is 633 g/mol. The third-order valence-corrected chi connectivity index (χ3v) is 7.13. The van der Waals surface area contributed by atoms with E-state index in [9.17, 15) is 29.4 Å². The standard InChI is InChI=1S/C40H56O6/c1-29(17-13-19-31(3)21-23-37(45)39(7,8)27-35(43)25-33(5)41)15-11-12-16-30(2)18-14-20-32(4)22-24-38(46)40(9,10)28-36(44)26-34(6)42/h11-24,35-36,43-44H,25-28H2,1-10H3/b12-11+,17-13+,18-14+,23-21+,24-22+,29-15+,30-16+,31-19+,32-20+/t35-,36-/m1/s1. The zero-order valence-corrected chi connectivity index (χ0v) is 29.6. The van der Waals surface area contributed by atoms with Gasteiger partial charge < -0.3 is 10.2 Å². The fraction of sp³-hybridized carbons (Fsp3) is 0.450. The largest absolute Gasteiger partial charge is 0.393 e. The van der Waals surface area contributed by atoms with E-state index in [0.717, 1.165) is 22.3 Å². The van der Waals surface area contributed by atoms with Crippen LogP contribution in [0.4, 0.5) is 0 Å². The molecule has 0 amide bonds. The van der Waals surface area contributed by atoms with E-state index in [-0.39, 0.29) is 48.8 Å². The number of ketones is 4. The first-order valence-corrected chi connectivity index (χ1v) is 15.8. The van der Waals surface area contributed by atoms with Crippen molar-refractivity contribution in [1.82, 2.24) is 0 Å². The van der Waals surface area contributed by atoms with Crippen LogP contribution in [-0.2, 0) is 19.2 Å². The van der Waals surface area contributed by atoms with Crippen LogP contribution in [0.1, 0.15) is 94.9 Å². The Morgan fingerprint density at radius 2 is 0.761 bits per heavy atom. The van der Waals surface area contributed by atoms with Gasteiger partial charge in [0.2, 0.25) is 0 Å². The van der Waals surface area contributed by atoms with Crippen molar-refractivity contribution in [1.29, 1.82) is 0 Å². The normalized spacial score (nSPS) is 16.0. The van der Waals surface area contributed by atoms with Crippen molar-refractivity contribution in [3.05, 3.63) is 107 Å². The van der Waals surface area contributed by atoms with Crippen molar-refractivity contribution in [3.8, 4) is 0 Å². The third-order valence-electron chi connectivity index (χ3n) is 7.13. The SMILES string of the molecule is CC(=O)C[C@@H](O)CC(C)(C)C(=O)/C=C/C(C)=C/C=C/C(C)=C/C=C/C=C(C)/C=C/C=C(C)/C=C/C(=O)C(C)(C)C[C@H](O)CC(C)=O. The molecule has 0 spiro atoms. The van der Waals surface area contributed by atoms with Crippen molar-refractivity contribution in [3.63, 3.8) is 0 Å². The number of Topliss-reactive ketones (excluding diaryl/α,β-unsaturated/α-hetero) is 2. The second-order valence-corrected chi connectivity index (χ2v) is 13.4. The molecule has 46 heavy (non-hydrogen) atoms. The van der Waals surface area contributed by atoms with Gasteiger partial charge in [-0.25, -0.2) is 0 Å². The van der Waals surface area contributed by atoms with Crippen LogP contribution in [0.15, 0.2) is 107 Å². The van der Waals surface area contributed by atoms with Crippen molar-refractivity contribution >= 4 is 23.1 Å². The maximum atomic E-state index is 12.6. The summed E-state index contributed by atoms with van der Waals surface area (Å²) in [6, 6.07) is 0. The molecule has 0 heterocycles. The molecule has 252 valence electrons. The summed E-state index contributed by atoms with van der Waals surface area (Å²) >= 11 is 0. The molecule has 0 aromatic heterocycles. The molecule has 0 saturated heterocycles. The number of carbonyl (C=O) groups excluding carboxylic acids is 4. The van der Waals surface area contributed by atoms with Gasteiger partial charge in [-0.05, 0) is 66.5 Å². The highest BCUT2D eigenvalue weighted by molar-refractivity contribution is 5.95. The van der Waals surface area contributed by atoms with Gasteiger partial charge in [0.1, 0.15) is 11.6 Å². The zero-order chi connectivity index (χ0) is 35.5. The van der Waals surface area contributed by atoms with Crippen LogP contribution in [0, 0.1) is 10.8 Å². The maximum Gasteiger partial charge on any atom is 0.161 e. The molecule has 0 aliphatic rings. The Morgan fingerprint density at radius 3 is 1.07 bits per heavy atom. The number of aliphatic hydroxyl groups is 2. The van der Waals surface area contributed by atoms with Crippen LogP contribution in [0.25, 0.3) is 0 Å². The van der Waals surface area contributed by atoms with E-state index >= 15 is 0 Å². The molecule has 0 fully saturated rings. The van der Waals surface area contributed by atoms with E-state index in [2.05, 4.69) is 0 Å². The van der Waals surface area contributed by atoms with Crippen LogP contribution in [0.3, 0.4) is 0 Å². The van der Waals surface area contributed by atoms with Gasteiger partial charge in [0.15, 0.2) is 11.6 Å². The van der Waals surface area contributed by atoms with Crippen LogP contribution in [-0.4, -0.2) is 45.6 Å². The second-order valence-electron chi connectivity index (χ2n) is 13.4. The molecule has 0 unspecified atom stereocenters. The first-order valence-electron chi connectivity index (χ1n) is 15.8. The number of hydrogen-bond donors (Lipinski definition) is 2. The summed E-state index contributed by atoms with van der Waals surface area (Å²) in [5.74, 6) is -0.386. The molecular weight excluding hydrogens is 576 g/mol. The molecule has 0 saturated carbocycles. The molecule has 6 nitrogen and oxygen atoms in total. The number of hydrogen-bond acceptors (Lipinski definition) is 6. The number of allylic oxidation sites excluding steroid dienone is 18. The van der Waals surface area contributed by atoms with Gasteiger partial charge in [-0.15, -0.1) is 0 Å². The second kappa shape index (κ2) is 21.1. The molecule has 0 bridgehead atoms. The lowest BCUT2D eigenvalue weighted by molar-refractivity contribution is -0.125. The van der Waals surface area contributed by atoms with Crippen molar-refractivity contribution in [2.75, 3.05) is 0 Å². The Kier molecular flexibility index (Phi) is 19.4. The van der Waals surface area contributed by atoms with Crippen LogP contribution in [0.5, 0.6) is 0 Å². The molecule has 0 aromatic rings. The van der Waals surface area contributed by atoms with Gasteiger partial charge in [0, 0.05) is 23.7 Å².